The molecule has 0 atom stereocenters. The van der Waals surface area contributed by atoms with Crippen LogP contribution < -0.4 is 0 Å². The predicted octanol–water partition coefficient (Wildman–Crippen LogP) is 3.86. The van der Waals surface area contributed by atoms with E-state index in [4.69, 9.17) is 0 Å². The Balaban J connectivity index is 2.79. The predicted molar refractivity (Wildman–Crippen MR) is 62.2 cm³/mol. The van der Waals surface area contributed by atoms with Crippen LogP contribution in [0.15, 0.2) is 33.9 Å². The highest BCUT2D eigenvalue weighted by atomic mass is 127. The van der Waals surface area contributed by atoms with Crippen LogP contribution in [0.25, 0.3) is 6.08 Å². The van der Waals surface area contributed by atoms with Gasteiger partial charge in [-0.1, -0.05) is 46.3 Å². The van der Waals surface area contributed by atoms with Gasteiger partial charge >= 0.3 is 0 Å². The Morgan fingerprint density at radius 1 is 1.36 bits per heavy atom. The van der Waals surface area contributed by atoms with Gasteiger partial charge in [0.15, 0.2) is 0 Å². The number of alkyl halides is 1. The Kier molecular flexibility index (Phi) is 4.15. The summed E-state index contributed by atoms with van der Waals surface area (Å²) in [6, 6.07) is 10.3. The quantitative estimate of drug-likeness (QED) is 0.573. The van der Waals surface area contributed by atoms with Gasteiger partial charge in [0, 0.05) is 8.91 Å². The van der Waals surface area contributed by atoms with Crippen molar-refractivity contribution in [2.75, 3.05) is 5.33 Å². The zero-order valence-corrected chi connectivity index (χ0v) is 9.67. The molecule has 2 heteroatoms. The van der Waals surface area contributed by atoms with Crippen molar-refractivity contribution in [3.63, 3.8) is 0 Å². The first-order valence-electron chi connectivity index (χ1n) is 3.30. The Morgan fingerprint density at radius 2 is 2.00 bits per heavy atom. The van der Waals surface area contributed by atoms with E-state index in [-0.39, 0.29) is 0 Å². The summed E-state index contributed by atoms with van der Waals surface area (Å²) in [5, 5.41) is 0.933. The van der Waals surface area contributed by atoms with Crippen LogP contribution in [0.1, 0.15) is 5.56 Å². The highest BCUT2D eigenvalue weighted by Crippen LogP contribution is 2.14. The van der Waals surface area contributed by atoms with Crippen LogP contribution in [-0.4, -0.2) is 5.33 Å². The summed E-state index contributed by atoms with van der Waals surface area (Å²) in [4.78, 5) is 0. The molecule has 0 nitrogen and oxygen atoms in total. The van der Waals surface area contributed by atoms with Gasteiger partial charge in [-0.25, -0.2) is 0 Å². The van der Waals surface area contributed by atoms with Gasteiger partial charge in [-0.3, -0.25) is 0 Å². The van der Waals surface area contributed by atoms with Gasteiger partial charge < -0.3 is 0 Å². The lowest BCUT2D eigenvalue weighted by Crippen LogP contribution is -1.72. The average Bonchev–Trinajstić information content (AvgIpc) is 2.06. The smallest absolute Gasteiger partial charge is 0.0341 e. The minimum Gasteiger partial charge on any atom is -0.0871 e. The van der Waals surface area contributed by atoms with E-state index in [1.807, 2.05) is 18.2 Å². The zero-order chi connectivity index (χ0) is 8.10. The lowest BCUT2D eigenvalue weighted by Gasteiger charge is -1.92. The highest BCUT2D eigenvalue weighted by Gasteiger charge is 1.88. The second kappa shape index (κ2) is 4.93. The van der Waals surface area contributed by atoms with Crippen molar-refractivity contribution in [3.8, 4) is 0 Å². The van der Waals surface area contributed by atoms with Crippen LogP contribution in [0.2, 0.25) is 0 Å². The van der Waals surface area contributed by atoms with Crippen molar-refractivity contribution in [1.82, 2.24) is 0 Å². The van der Waals surface area contributed by atoms with Crippen LogP contribution in [-0.2, 0) is 0 Å². The first-order valence-corrected chi connectivity index (χ1v) is 5.50. The maximum absolute atomic E-state index is 3.40. The van der Waals surface area contributed by atoms with Crippen LogP contribution in [0.3, 0.4) is 0 Å². The highest BCUT2D eigenvalue weighted by molar-refractivity contribution is 14.1. The average molecular weight is 323 g/mol. The third-order valence-electron chi connectivity index (χ3n) is 1.25. The molecular weight excluding hydrogens is 315 g/mol. The molecule has 1 aromatic carbocycles. The second-order valence-electron chi connectivity index (χ2n) is 2.14. The molecule has 0 radical (unpaired) electrons. The van der Waals surface area contributed by atoms with Crippen LogP contribution in [0.5, 0.6) is 0 Å². The first-order chi connectivity index (χ1) is 5.33. The molecule has 0 heterocycles. The number of allylic oxidation sites excluding steroid dienone is 1. The molecule has 0 spiro atoms. The zero-order valence-electron chi connectivity index (χ0n) is 5.93. The van der Waals surface area contributed by atoms with Gasteiger partial charge in [-0.05, 0) is 34.2 Å². The summed E-state index contributed by atoms with van der Waals surface area (Å²) in [5.41, 5.74) is 1.26. The number of benzene rings is 1. The summed E-state index contributed by atoms with van der Waals surface area (Å²) in [5.74, 6) is 0. The Hall–Kier alpha value is 0.170. The molecule has 0 bridgehead atoms. The van der Waals surface area contributed by atoms with E-state index in [0.29, 0.717) is 0 Å². The molecule has 0 aliphatic rings. The topological polar surface area (TPSA) is 0 Å². The summed E-state index contributed by atoms with van der Waals surface area (Å²) in [7, 11) is 0. The van der Waals surface area contributed by atoms with E-state index in [1.54, 1.807) is 0 Å². The molecule has 0 aromatic heterocycles. The van der Waals surface area contributed by atoms with Gasteiger partial charge in [-0.15, -0.1) is 0 Å². The van der Waals surface area contributed by atoms with Crippen LogP contribution >= 0.6 is 38.5 Å². The largest absolute Gasteiger partial charge is 0.0871 e. The fraction of sp³-hybridized carbons (Fsp3) is 0.111. The van der Waals surface area contributed by atoms with Crippen LogP contribution in [0.4, 0.5) is 0 Å². The molecule has 0 amide bonds. The number of hydrogen-bond donors (Lipinski definition) is 0. The van der Waals surface area contributed by atoms with Crippen molar-refractivity contribution in [3.05, 3.63) is 39.5 Å². The molecule has 1 aromatic rings. The summed E-state index contributed by atoms with van der Waals surface area (Å²) in [6.07, 6.45) is 2.16. The van der Waals surface area contributed by atoms with Gasteiger partial charge in [0.2, 0.25) is 0 Å². The SMILES string of the molecule is BrC/C(I)=C/c1ccccc1. The van der Waals surface area contributed by atoms with Gasteiger partial charge in [0.05, 0.1) is 0 Å². The molecular formula is C9H8BrI. The fourth-order valence-corrected chi connectivity index (χ4v) is 1.29. The number of rotatable bonds is 2. The lowest BCUT2D eigenvalue weighted by molar-refractivity contribution is 1.65. The molecule has 0 aliphatic carbocycles. The van der Waals surface area contributed by atoms with Crippen molar-refractivity contribution in [1.29, 1.82) is 0 Å². The molecule has 0 fully saturated rings. The Bertz CT molecular complexity index is 241. The van der Waals surface area contributed by atoms with E-state index in [2.05, 4.69) is 56.7 Å². The fourth-order valence-electron chi connectivity index (χ4n) is 0.769. The number of halogens is 2. The van der Waals surface area contributed by atoms with E-state index >= 15 is 0 Å². The van der Waals surface area contributed by atoms with Crippen molar-refractivity contribution in [2.45, 2.75) is 0 Å². The third-order valence-corrected chi connectivity index (χ3v) is 3.60. The van der Waals surface area contributed by atoms with E-state index < -0.39 is 0 Å². The molecule has 0 saturated heterocycles. The molecule has 58 valence electrons. The Morgan fingerprint density at radius 3 is 2.55 bits per heavy atom. The second-order valence-corrected chi connectivity index (χ2v) is 4.08. The maximum atomic E-state index is 3.40. The van der Waals surface area contributed by atoms with Gasteiger partial charge in [0.25, 0.3) is 0 Å². The maximum Gasteiger partial charge on any atom is 0.0341 e. The van der Waals surface area contributed by atoms with Crippen LogP contribution in [0, 0.1) is 0 Å². The normalized spacial score (nSPS) is 11.6. The van der Waals surface area contributed by atoms with E-state index in [0.717, 1.165) is 5.33 Å². The third kappa shape index (κ3) is 3.38. The monoisotopic (exact) mass is 322 g/mol. The van der Waals surface area contributed by atoms with E-state index in [1.165, 1.54) is 9.14 Å². The molecule has 0 N–H and O–H groups in total. The Labute approximate surface area is 89.0 Å². The van der Waals surface area contributed by atoms with Crippen molar-refractivity contribution in [2.24, 2.45) is 0 Å². The van der Waals surface area contributed by atoms with E-state index in [9.17, 15) is 0 Å². The first kappa shape index (κ1) is 9.26. The van der Waals surface area contributed by atoms with Crippen molar-refractivity contribution < 1.29 is 0 Å². The lowest BCUT2D eigenvalue weighted by atomic mass is 10.2. The number of hydrogen-bond acceptors (Lipinski definition) is 0. The molecule has 0 unspecified atom stereocenters. The summed E-state index contributed by atoms with van der Waals surface area (Å²) in [6.45, 7) is 0. The molecule has 11 heavy (non-hydrogen) atoms. The minimum atomic E-state index is 0.933. The minimum absolute atomic E-state index is 0.933. The van der Waals surface area contributed by atoms with Gasteiger partial charge in [0.1, 0.15) is 0 Å². The molecule has 0 saturated carbocycles. The summed E-state index contributed by atoms with van der Waals surface area (Å²) >= 11 is 5.72. The molecule has 1 rings (SSSR count). The standard InChI is InChI=1S/C9H8BrI/c10-7-9(11)6-8-4-2-1-3-5-8/h1-6H,7H2/b9-6-. The molecule has 0 aliphatic heterocycles. The van der Waals surface area contributed by atoms with Gasteiger partial charge in [-0.2, -0.15) is 0 Å². The summed E-state index contributed by atoms with van der Waals surface area (Å²) < 4.78 is 1.31. The van der Waals surface area contributed by atoms with Crippen molar-refractivity contribution >= 4 is 44.6 Å².